The van der Waals surface area contributed by atoms with Crippen molar-refractivity contribution in [2.75, 3.05) is 13.1 Å². The number of carboxylic acids is 1. The van der Waals surface area contributed by atoms with Crippen LogP contribution in [0.5, 0.6) is 0 Å². The summed E-state index contributed by atoms with van der Waals surface area (Å²) in [5.41, 5.74) is 5.47. The van der Waals surface area contributed by atoms with Gasteiger partial charge in [-0.05, 0) is 6.42 Å². The molecule has 0 bridgehead atoms. The van der Waals surface area contributed by atoms with Crippen molar-refractivity contribution < 1.29 is 32.3 Å². The molecule has 1 aliphatic carbocycles. The molecule has 5 nitrogen and oxygen atoms in total. The number of carbonyl (C=O) groups is 2. The van der Waals surface area contributed by atoms with Crippen LogP contribution < -0.4 is 5.73 Å². The van der Waals surface area contributed by atoms with E-state index in [1.54, 1.807) is 4.90 Å². The Morgan fingerprint density at radius 3 is 1.89 bits per heavy atom. The molecule has 2 aliphatic rings. The van der Waals surface area contributed by atoms with Gasteiger partial charge in [-0.1, -0.05) is 0 Å². The van der Waals surface area contributed by atoms with Gasteiger partial charge < -0.3 is 15.7 Å². The summed E-state index contributed by atoms with van der Waals surface area (Å²) in [5.74, 6) is -3.13. The molecule has 0 aromatic carbocycles. The second kappa shape index (κ2) is 5.09. The van der Waals surface area contributed by atoms with Gasteiger partial charge in [-0.2, -0.15) is 13.2 Å². The van der Waals surface area contributed by atoms with Crippen molar-refractivity contribution in [1.82, 2.24) is 4.90 Å². The third kappa shape index (κ3) is 3.83. The molecular formula is C9H12F4N2O3. The standard InChI is InChI=1S/C7H11FN2O.C2HF3O2/c8-6-1-5(6)7(11)10-2-4(9)3-10;3-2(4,5)1(6)7/h4-6H,1-3,9H2;(H,6,7)/t5-,6+;/m1./s1. The Balaban J connectivity index is 0.000000203. The fraction of sp³-hybridized carbons (Fsp3) is 0.778. The molecule has 2 atom stereocenters. The van der Waals surface area contributed by atoms with E-state index in [0.717, 1.165) is 0 Å². The number of likely N-dealkylation sites (tertiary alicyclic amines) is 1. The van der Waals surface area contributed by atoms with Gasteiger partial charge >= 0.3 is 12.1 Å². The van der Waals surface area contributed by atoms with E-state index >= 15 is 0 Å². The molecule has 104 valence electrons. The minimum atomic E-state index is -5.08. The summed E-state index contributed by atoms with van der Waals surface area (Å²) in [6.45, 7) is 1.23. The Morgan fingerprint density at radius 2 is 1.67 bits per heavy atom. The topological polar surface area (TPSA) is 83.6 Å². The molecule has 1 saturated heterocycles. The zero-order chi connectivity index (χ0) is 14.1. The first kappa shape index (κ1) is 14.7. The lowest BCUT2D eigenvalue weighted by molar-refractivity contribution is -0.192. The minimum Gasteiger partial charge on any atom is -0.475 e. The van der Waals surface area contributed by atoms with Crippen LogP contribution in [0.4, 0.5) is 17.6 Å². The highest BCUT2D eigenvalue weighted by molar-refractivity contribution is 5.83. The number of hydrogen-bond donors (Lipinski definition) is 2. The van der Waals surface area contributed by atoms with Crippen LogP contribution in [0.3, 0.4) is 0 Å². The third-order valence-electron chi connectivity index (χ3n) is 2.49. The summed E-state index contributed by atoms with van der Waals surface area (Å²) in [5, 5.41) is 7.12. The maximum absolute atomic E-state index is 12.4. The molecule has 1 amide bonds. The average molecular weight is 272 g/mol. The lowest BCUT2D eigenvalue weighted by atomic mass is 10.1. The number of nitrogens with zero attached hydrogens (tertiary/aromatic N) is 1. The molecule has 1 aliphatic heterocycles. The smallest absolute Gasteiger partial charge is 0.475 e. The first-order valence-electron chi connectivity index (χ1n) is 5.11. The van der Waals surface area contributed by atoms with Crippen LogP contribution in [0, 0.1) is 5.92 Å². The number of hydrogen-bond acceptors (Lipinski definition) is 3. The quantitative estimate of drug-likeness (QED) is 0.665. The number of carboxylic acid groups (broad SMARTS) is 1. The fourth-order valence-corrected chi connectivity index (χ4v) is 1.35. The van der Waals surface area contributed by atoms with Crippen LogP contribution in [0.2, 0.25) is 0 Å². The Labute approximate surface area is 99.5 Å². The molecule has 0 unspecified atom stereocenters. The van der Waals surface area contributed by atoms with Crippen molar-refractivity contribution in [3.8, 4) is 0 Å². The predicted molar refractivity (Wildman–Crippen MR) is 51.2 cm³/mol. The Morgan fingerprint density at radius 1 is 1.28 bits per heavy atom. The molecule has 0 aromatic rings. The number of alkyl halides is 4. The van der Waals surface area contributed by atoms with Crippen LogP contribution in [0.15, 0.2) is 0 Å². The van der Waals surface area contributed by atoms with Gasteiger partial charge in [0, 0.05) is 19.1 Å². The molecular weight excluding hydrogens is 260 g/mol. The summed E-state index contributed by atoms with van der Waals surface area (Å²) in [7, 11) is 0. The summed E-state index contributed by atoms with van der Waals surface area (Å²) < 4.78 is 44.1. The fourth-order valence-electron chi connectivity index (χ4n) is 1.35. The van der Waals surface area contributed by atoms with Crippen molar-refractivity contribution in [3.63, 3.8) is 0 Å². The molecule has 0 spiro atoms. The monoisotopic (exact) mass is 272 g/mol. The van der Waals surface area contributed by atoms with Crippen molar-refractivity contribution in [3.05, 3.63) is 0 Å². The number of amides is 1. The van der Waals surface area contributed by atoms with Gasteiger partial charge in [0.1, 0.15) is 6.17 Å². The van der Waals surface area contributed by atoms with Gasteiger partial charge in [0.05, 0.1) is 5.92 Å². The van der Waals surface area contributed by atoms with E-state index in [1.807, 2.05) is 0 Å². The number of nitrogens with two attached hydrogens (primary N) is 1. The van der Waals surface area contributed by atoms with Crippen molar-refractivity contribution in [2.24, 2.45) is 11.7 Å². The first-order valence-corrected chi connectivity index (χ1v) is 5.11. The number of carbonyl (C=O) groups excluding carboxylic acids is 1. The molecule has 2 rings (SSSR count). The van der Waals surface area contributed by atoms with Gasteiger partial charge in [-0.25, -0.2) is 9.18 Å². The van der Waals surface area contributed by atoms with Crippen LogP contribution in [0.25, 0.3) is 0 Å². The lowest BCUT2D eigenvalue weighted by Gasteiger charge is -2.36. The van der Waals surface area contributed by atoms with E-state index in [0.29, 0.717) is 19.5 Å². The highest BCUT2D eigenvalue weighted by Gasteiger charge is 2.47. The second-order valence-electron chi connectivity index (χ2n) is 4.16. The maximum atomic E-state index is 12.4. The zero-order valence-corrected chi connectivity index (χ0v) is 9.15. The third-order valence-corrected chi connectivity index (χ3v) is 2.49. The highest BCUT2D eigenvalue weighted by Crippen LogP contribution is 2.36. The number of halogens is 4. The van der Waals surface area contributed by atoms with Crippen molar-refractivity contribution >= 4 is 11.9 Å². The molecule has 9 heteroatoms. The number of aliphatic carboxylic acids is 1. The molecule has 3 N–H and O–H groups in total. The molecule has 0 aromatic heterocycles. The molecule has 18 heavy (non-hydrogen) atoms. The Bertz CT molecular complexity index is 341. The molecule has 1 saturated carbocycles. The van der Waals surface area contributed by atoms with Gasteiger partial charge in [0.25, 0.3) is 0 Å². The second-order valence-corrected chi connectivity index (χ2v) is 4.16. The summed E-state index contributed by atoms with van der Waals surface area (Å²) in [6.07, 6.45) is -5.54. The SMILES string of the molecule is NC1CN(C(=O)[C@@H]2C[C@@H]2F)C1.O=C(O)C(F)(F)F. The van der Waals surface area contributed by atoms with E-state index in [2.05, 4.69) is 0 Å². The molecule has 1 heterocycles. The Hall–Kier alpha value is -1.38. The van der Waals surface area contributed by atoms with Crippen LogP contribution in [0.1, 0.15) is 6.42 Å². The van der Waals surface area contributed by atoms with Gasteiger partial charge in [0.15, 0.2) is 0 Å². The zero-order valence-electron chi connectivity index (χ0n) is 9.15. The first-order chi connectivity index (χ1) is 8.12. The van der Waals surface area contributed by atoms with Crippen molar-refractivity contribution in [2.45, 2.75) is 24.8 Å². The Kier molecular flexibility index (Phi) is 4.15. The number of rotatable bonds is 1. The van der Waals surface area contributed by atoms with E-state index in [-0.39, 0.29) is 17.9 Å². The highest BCUT2D eigenvalue weighted by atomic mass is 19.4. The van der Waals surface area contributed by atoms with E-state index in [1.165, 1.54) is 0 Å². The minimum absolute atomic E-state index is 0.0424. The van der Waals surface area contributed by atoms with E-state index < -0.39 is 18.3 Å². The van der Waals surface area contributed by atoms with Crippen LogP contribution in [-0.2, 0) is 9.59 Å². The summed E-state index contributed by atoms with van der Waals surface area (Å²) in [4.78, 5) is 21.7. The lowest BCUT2D eigenvalue weighted by Crippen LogP contribution is -2.58. The van der Waals surface area contributed by atoms with Crippen LogP contribution in [-0.4, -0.2) is 53.4 Å². The van der Waals surface area contributed by atoms with E-state index in [4.69, 9.17) is 15.6 Å². The summed E-state index contributed by atoms with van der Waals surface area (Å²) in [6, 6.07) is 0.121. The van der Waals surface area contributed by atoms with Crippen LogP contribution >= 0.6 is 0 Å². The van der Waals surface area contributed by atoms with Crippen molar-refractivity contribution in [1.29, 1.82) is 0 Å². The molecule has 0 radical (unpaired) electrons. The van der Waals surface area contributed by atoms with Gasteiger partial charge in [-0.3, -0.25) is 4.79 Å². The summed E-state index contributed by atoms with van der Waals surface area (Å²) >= 11 is 0. The van der Waals surface area contributed by atoms with Gasteiger partial charge in [-0.15, -0.1) is 0 Å². The maximum Gasteiger partial charge on any atom is 0.490 e. The van der Waals surface area contributed by atoms with Gasteiger partial charge in [0.2, 0.25) is 5.91 Å². The normalized spacial score (nSPS) is 26.8. The molecule has 2 fully saturated rings. The predicted octanol–water partition coefficient (Wildman–Crippen LogP) is 0.147. The van der Waals surface area contributed by atoms with E-state index in [9.17, 15) is 22.4 Å². The average Bonchev–Trinajstić information content (AvgIpc) is 2.89. The largest absolute Gasteiger partial charge is 0.490 e.